The number of carbonyl (C=O) groups is 2. The molecule has 0 saturated carbocycles. The van der Waals surface area contributed by atoms with E-state index in [-0.39, 0.29) is 0 Å². The number of carbonyl (C=O) groups excluding carboxylic acids is 2. The lowest BCUT2D eigenvalue weighted by Gasteiger charge is -2.19. The van der Waals surface area contributed by atoms with Gasteiger partial charge in [-0.05, 0) is 63.2 Å². The average Bonchev–Trinajstić information content (AvgIpc) is 2.97. The summed E-state index contributed by atoms with van der Waals surface area (Å²) in [7, 11) is 0. The molecule has 0 aliphatic carbocycles. The summed E-state index contributed by atoms with van der Waals surface area (Å²) in [6.07, 6.45) is 0.167. The number of rotatable bonds is 4. The predicted octanol–water partition coefficient (Wildman–Crippen LogP) is 4.88. The molecule has 2 aromatic carbocycles. The lowest BCUT2D eigenvalue weighted by Crippen LogP contribution is -2.27. The first-order valence-electron chi connectivity index (χ1n) is 8.05. The highest BCUT2D eigenvalue weighted by molar-refractivity contribution is 7.21. The number of anilines is 2. The Balaban J connectivity index is 1.77. The van der Waals surface area contributed by atoms with Gasteiger partial charge in [-0.2, -0.15) is 0 Å². The van der Waals surface area contributed by atoms with Crippen molar-refractivity contribution >= 4 is 45.4 Å². The van der Waals surface area contributed by atoms with Crippen LogP contribution in [0.5, 0.6) is 0 Å². The van der Waals surface area contributed by atoms with E-state index in [9.17, 15) is 9.59 Å². The number of amides is 2. The van der Waals surface area contributed by atoms with E-state index in [0.717, 1.165) is 26.5 Å². The molecule has 3 rings (SSSR count). The molecule has 6 nitrogen and oxygen atoms in total. The van der Waals surface area contributed by atoms with Gasteiger partial charge in [0.2, 0.25) is 6.41 Å². The van der Waals surface area contributed by atoms with E-state index in [1.54, 1.807) is 0 Å². The van der Waals surface area contributed by atoms with Crippen LogP contribution in [0.4, 0.5) is 16.2 Å². The Kier molecular flexibility index (Phi) is 4.90. The van der Waals surface area contributed by atoms with Gasteiger partial charge in [0.15, 0.2) is 0 Å². The van der Waals surface area contributed by atoms with Crippen LogP contribution in [0.15, 0.2) is 42.5 Å². The molecule has 0 spiro atoms. The molecule has 26 heavy (non-hydrogen) atoms. The SMILES string of the molecule is CC(C)(C)OC(=O)Nc1ccc(-c2nc3ccc(NC=O)cc3s2)cc1. The fraction of sp³-hybridized carbons (Fsp3) is 0.211. The third-order valence-corrected chi connectivity index (χ3v) is 4.46. The van der Waals surface area contributed by atoms with E-state index in [1.807, 2.05) is 63.2 Å². The van der Waals surface area contributed by atoms with Crippen molar-refractivity contribution in [3.05, 3.63) is 42.5 Å². The van der Waals surface area contributed by atoms with Gasteiger partial charge in [-0.1, -0.05) is 0 Å². The molecule has 0 unspecified atom stereocenters. The fourth-order valence-electron chi connectivity index (χ4n) is 2.32. The zero-order valence-corrected chi connectivity index (χ0v) is 15.5. The highest BCUT2D eigenvalue weighted by Crippen LogP contribution is 2.32. The summed E-state index contributed by atoms with van der Waals surface area (Å²) < 4.78 is 6.23. The minimum atomic E-state index is -0.539. The zero-order valence-electron chi connectivity index (χ0n) is 14.7. The standard InChI is InChI=1S/C19H19N3O3S/c1-19(2,3)25-18(24)21-13-6-4-12(5-7-13)17-22-15-9-8-14(20-11-23)10-16(15)26-17/h4-11H,1-3H3,(H,20,23)(H,21,24). The number of nitrogens with one attached hydrogen (secondary N) is 2. The van der Waals surface area contributed by atoms with Crippen molar-refractivity contribution in [3.63, 3.8) is 0 Å². The molecule has 0 radical (unpaired) electrons. The molecular weight excluding hydrogens is 350 g/mol. The molecular formula is C19H19N3O3S. The lowest BCUT2D eigenvalue weighted by molar-refractivity contribution is -0.105. The molecule has 0 bridgehead atoms. The van der Waals surface area contributed by atoms with Gasteiger partial charge >= 0.3 is 6.09 Å². The Morgan fingerprint density at radius 1 is 1.12 bits per heavy atom. The van der Waals surface area contributed by atoms with Crippen LogP contribution < -0.4 is 10.6 Å². The number of thiazole rings is 1. The van der Waals surface area contributed by atoms with Crippen LogP contribution in [0.25, 0.3) is 20.8 Å². The third-order valence-electron chi connectivity index (χ3n) is 3.39. The van der Waals surface area contributed by atoms with Gasteiger partial charge in [-0.3, -0.25) is 10.1 Å². The molecule has 7 heteroatoms. The summed E-state index contributed by atoms with van der Waals surface area (Å²) in [5.74, 6) is 0. The summed E-state index contributed by atoms with van der Waals surface area (Å²) >= 11 is 1.54. The number of hydrogen-bond donors (Lipinski definition) is 2. The fourth-order valence-corrected chi connectivity index (χ4v) is 3.33. The summed E-state index contributed by atoms with van der Waals surface area (Å²) in [4.78, 5) is 27.0. The van der Waals surface area contributed by atoms with Crippen molar-refractivity contribution in [1.82, 2.24) is 4.98 Å². The van der Waals surface area contributed by atoms with Gasteiger partial charge in [0, 0.05) is 16.9 Å². The molecule has 2 N–H and O–H groups in total. The predicted molar refractivity (Wildman–Crippen MR) is 105 cm³/mol. The van der Waals surface area contributed by atoms with Crippen molar-refractivity contribution in [1.29, 1.82) is 0 Å². The number of hydrogen-bond acceptors (Lipinski definition) is 5. The van der Waals surface area contributed by atoms with Gasteiger partial charge in [-0.15, -0.1) is 11.3 Å². The monoisotopic (exact) mass is 369 g/mol. The maximum atomic E-state index is 11.8. The number of aromatic nitrogens is 1. The Labute approximate surface area is 155 Å². The smallest absolute Gasteiger partial charge is 0.412 e. The molecule has 3 aromatic rings. The van der Waals surface area contributed by atoms with Crippen molar-refractivity contribution < 1.29 is 14.3 Å². The first kappa shape index (κ1) is 17.9. The highest BCUT2D eigenvalue weighted by atomic mass is 32.1. The van der Waals surface area contributed by atoms with E-state index in [4.69, 9.17) is 4.74 Å². The van der Waals surface area contributed by atoms with Gasteiger partial charge in [0.1, 0.15) is 10.6 Å². The molecule has 0 fully saturated rings. The highest BCUT2D eigenvalue weighted by Gasteiger charge is 2.16. The van der Waals surface area contributed by atoms with Gasteiger partial charge in [0.25, 0.3) is 0 Å². The van der Waals surface area contributed by atoms with Crippen LogP contribution in [0.2, 0.25) is 0 Å². The maximum Gasteiger partial charge on any atom is 0.412 e. The normalized spacial score (nSPS) is 11.2. The van der Waals surface area contributed by atoms with Crippen LogP contribution in [0, 0.1) is 0 Å². The van der Waals surface area contributed by atoms with Crippen LogP contribution in [0.1, 0.15) is 20.8 Å². The minimum Gasteiger partial charge on any atom is -0.444 e. The Hall–Kier alpha value is -2.93. The van der Waals surface area contributed by atoms with Crippen molar-refractivity contribution in [3.8, 4) is 10.6 Å². The van der Waals surface area contributed by atoms with Crippen LogP contribution in [-0.4, -0.2) is 23.1 Å². The molecule has 1 heterocycles. The molecule has 134 valence electrons. The van der Waals surface area contributed by atoms with Crippen molar-refractivity contribution in [2.24, 2.45) is 0 Å². The molecule has 2 amide bonds. The summed E-state index contributed by atoms with van der Waals surface area (Å²) in [6, 6.07) is 13.0. The summed E-state index contributed by atoms with van der Waals surface area (Å²) in [6.45, 7) is 5.45. The first-order chi connectivity index (χ1) is 12.3. The van der Waals surface area contributed by atoms with Crippen LogP contribution >= 0.6 is 11.3 Å². The summed E-state index contributed by atoms with van der Waals surface area (Å²) in [5, 5.41) is 6.21. The van der Waals surface area contributed by atoms with Crippen LogP contribution in [0.3, 0.4) is 0 Å². The average molecular weight is 369 g/mol. The molecule has 0 atom stereocenters. The summed E-state index contributed by atoms with van der Waals surface area (Å²) in [5.41, 5.74) is 2.67. The number of benzene rings is 2. The van der Waals surface area contributed by atoms with E-state index < -0.39 is 11.7 Å². The third kappa shape index (κ3) is 4.37. The first-order valence-corrected chi connectivity index (χ1v) is 8.87. The molecule has 0 aliphatic heterocycles. The topological polar surface area (TPSA) is 80.3 Å². The second-order valence-electron chi connectivity index (χ2n) is 6.67. The minimum absolute atomic E-state index is 0.486. The van der Waals surface area contributed by atoms with Crippen molar-refractivity contribution in [2.75, 3.05) is 10.6 Å². The van der Waals surface area contributed by atoms with Crippen LogP contribution in [-0.2, 0) is 9.53 Å². The Bertz CT molecular complexity index is 943. The maximum absolute atomic E-state index is 11.8. The van der Waals surface area contributed by atoms with Gasteiger partial charge in [0.05, 0.1) is 10.2 Å². The van der Waals surface area contributed by atoms with Gasteiger partial charge < -0.3 is 10.1 Å². The number of nitrogens with zero attached hydrogens (tertiary/aromatic N) is 1. The number of ether oxygens (including phenoxy) is 1. The van der Waals surface area contributed by atoms with E-state index in [1.165, 1.54) is 11.3 Å². The largest absolute Gasteiger partial charge is 0.444 e. The molecule has 0 aliphatic rings. The second kappa shape index (κ2) is 7.13. The Morgan fingerprint density at radius 3 is 2.46 bits per heavy atom. The number of fused-ring (bicyclic) bond motifs is 1. The van der Waals surface area contributed by atoms with Gasteiger partial charge in [-0.25, -0.2) is 9.78 Å². The van der Waals surface area contributed by atoms with E-state index in [2.05, 4.69) is 15.6 Å². The van der Waals surface area contributed by atoms with Crippen molar-refractivity contribution in [2.45, 2.75) is 26.4 Å². The zero-order chi connectivity index (χ0) is 18.7. The second-order valence-corrected chi connectivity index (χ2v) is 7.70. The van der Waals surface area contributed by atoms with E-state index >= 15 is 0 Å². The molecule has 0 saturated heterocycles. The van der Waals surface area contributed by atoms with E-state index in [0.29, 0.717) is 12.1 Å². The lowest BCUT2D eigenvalue weighted by atomic mass is 10.2. The molecule has 1 aromatic heterocycles. The quantitative estimate of drug-likeness (QED) is 0.642. The Morgan fingerprint density at radius 2 is 1.81 bits per heavy atom.